The monoisotopic (exact) mass is 473 g/mol. The summed E-state index contributed by atoms with van der Waals surface area (Å²) in [5, 5.41) is 13.5. The van der Waals surface area contributed by atoms with Gasteiger partial charge in [-0.2, -0.15) is 0 Å². The van der Waals surface area contributed by atoms with E-state index in [-0.39, 0.29) is 12.5 Å². The van der Waals surface area contributed by atoms with Crippen molar-refractivity contribution in [2.75, 3.05) is 51.2 Å². The number of amides is 1. The maximum Gasteiger partial charge on any atom is 0.238 e. The molecular weight excluding hydrogens is 438 g/mol. The number of nitrogens with one attached hydrogen (secondary N) is 1. The van der Waals surface area contributed by atoms with Gasteiger partial charge in [0.15, 0.2) is 0 Å². The number of β-amino-alcohol motifs (C(OH)–C–C–N with tert-alkyl or cyclic N) is 1. The summed E-state index contributed by atoms with van der Waals surface area (Å²) < 4.78 is 5.81. The van der Waals surface area contributed by atoms with Gasteiger partial charge in [-0.05, 0) is 41.3 Å². The first-order valence-electron chi connectivity index (χ1n) is 12.4. The maximum absolute atomic E-state index is 12.5. The summed E-state index contributed by atoms with van der Waals surface area (Å²) in [6.45, 7) is 6.54. The minimum Gasteiger partial charge on any atom is -0.491 e. The molecule has 35 heavy (non-hydrogen) atoms. The third kappa shape index (κ3) is 7.39. The van der Waals surface area contributed by atoms with Crippen molar-refractivity contribution in [3.05, 3.63) is 84.4 Å². The Labute approximate surface area is 208 Å². The average molecular weight is 474 g/mol. The molecule has 0 saturated carbocycles. The number of aliphatic hydroxyl groups excluding tert-OH is 1. The quantitative estimate of drug-likeness (QED) is 0.467. The smallest absolute Gasteiger partial charge is 0.238 e. The number of aliphatic hydroxyl groups is 1. The molecule has 1 heterocycles. The topological polar surface area (TPSA) is 65.0 Å². The second-order valence-electron chi connectivity index (χ2n) is 8.99. The SMILES string of the molecule is CCc1ccccc1NC(=O)CN1CCN(CC(O)COc2ccc(-c3ccccc3)cc2)CC1. The minimum atomic E-state index is -0.566. The van der Waals surface area contributed by atoms with E-state index in [1.165, 1.54) is 5.56 Å². The molecule has 4 rings (SSSR count). The van der Waals surface area contributed by atoms with Crippen molar-refractivity contribution in [3.63, 3.8) is 0 Å². The summed E-state index contributed by atoms with van der Waals surface area (Å²) in [5.74, 6) is 0.773. The largest absolute Gasteiger partial charge is 0.491 e. The number of para-hydroxylation sites is 1. The second-order valence-corrected chi connectivity index (χ2v) is 8.99. The summed E-state index contributed by atoms with van der Waals surface area (Å²) >= 11 is 0. The van der Waals surface area contributed by atoms with Crippen LogP contribution in [0.15, 0.2) is 78.9 Å². The van der Waals surface area contributed by atoms with E-state index in [1.807, 2.05) is 66.7 Å². The molecule has 0 aromatic heterocycles. The van der Waals surface area contributed by atoms with Crippen LogP contribution in [0.4, 0.5) is 5.69 Å². The van der Waals surface area contributed by atoms with Gasteiger partial charge in [0, 0.05) is 38.4 Å². The molecule has 0 spiro atoms. The fraction of sp³-hybridized carbons (Fsp3) is 0.345. The third-order valence-electron chi connectivity index (χ3n) is 6.38. The van der Waals surface area contributed by atoms with E-state index in [1.54, 1.807) is 0 Å². The molecule has 0 bridgehead atoms. The lowest BCUT2D eigenvalue weighted by molar-refractivity contribution is -0.117. The lowest BCUT2D eigenvalue weighted by atomic mass is 10.1. The zero-order valence-electron chi connectivity index (χ0n) is 20.4. The van der Waals surface area contributed by atoms with E-state index in [9.17, 15) is 9.90 Å². The van der Waals surface area contributed by atoms with Crippen LogP contribution in [-0.4, -0.2) is 72.8 Å². The third-order valence-corrected chi connectivity index (χ3v) is 6.38. The molecule has 1 aliphatic heterocycles. The molecule has 6 heteroatoms. The lowest BCUT2D eigenvalue weighted by Gasteiger charge is -2.35. The van der Waals surface area contributed by atoms with E-state index in [0.29, 0.717) is 13.1 Å². The van der Waals surface area contributed by atoms with Crippen molar-refractivity contribution in [1.29, 1.82) is 0 Å². The van der Waals surface area contributed by atoms with Crippen molar-refractivity contribution in [1.82, 2.24) is 9.80 Å². The van der Waals surface area contributed by atoms with Gasteiger partial charge in [-0.25, -0.2) is 0 Å². The van der Waals surface area contributed by atoms with Crippen LogP contribution < -0.4 is 10.1 Å². The summed E-state index contributed by atoms with van der Waals surface area (Å²) in [4.78, 5) is 16.9. The molecule has 0 aliphatic carbocycles. The fourth-order valence-corrected chi connectivity index (χ4v) is 4.39. The van der Waals surface area contributed by atoms with Gasteiger partial charge in [0.25, 0.3) is 0 Å². The molecule has 3 aromatic carbocycles. The maximum atomic E-state index is 12.5. The van der Waals surface area contributed by atoms with E-state index < -0.39 is 6.10 Å². The summed E-state index contributed by atoms with van der Waals surface area (Å²) in [5.41, 5.74) is 4.35. The Morgan fingerprint density at radius 2 is 1.51 bits per heavy atom. The Bertz CT molecular complexity index is 1060. The molecule has 0 radical (unpaired) electrons. The molecular formula is C29H35N3O3. The van der Waals surface area contributed by atoms with Gasteiger partial charge in [0.2, 0.25) is 5.91 Å². The summed E-state index contributed by atoms with van der Waals surface area (Å²) in [6, 6.07) is 26.1. The minimum absolute atomic E-state index is 0.0195. The number of carbonyl (C=O) groups is 1. The molecule has 3 aromatic rings. The normalized spacial score (nSPS) is 15.5. The van der Waals surface area contributed by atoms with E-state index in [2.05, 4.69) is 34.2 Å². The molecule has 1 aliphatic rings. The van der Waals surface area contributed by atoms with Crippen LogP contribution in [0.1, 0.15) is 12.5 Å². The molecule has 2 N–H and O–H groups in total. The molecule has 1 amide bonds. The molecule has 184 valence electrons. The first-order valence-corrected chi connectivity index (χ1v) is 12.4. The lowest BCUT2D eigenvalue weighted by Crippen LogP contribution is -2.50. The van der Waals surface area contributed by atoms with Crippen molar-refractivity contribution in [3.8, 4) is 16.9 Å². The first kappa shape index (κ1) is 24.9. The van der Waals surface area contributed by atoms with E-state index in [0.717, 1.165) is 55.2 Å². The van der Waals surface area contributed by atoms with Gasteiger partial charge in [-0.15, -0.1) is 0 Å². The Kier molecular flexibility index (Phi) is 8.90. The predicted octanol–water partition coefficient (Wildman–Crippen LogP) is 3.91. The van der Waals surface area contributed by atoms with Crippen LogP contribution in [0, 0.1) is 0 Å². The van der Waals surface area contributed by atoms with Crippen LogP contribution in [0.5, 0.6) is 5.75 Å². The highest BCUT2D eigenvalue weighted by Gasteiger charge is 2.21. The van der Waals surface area contributed by atoms with Crippen molar-refractivity contribution < 1.29 is 14.6 Å². The molecule has 1 saturated heterocycles. The predicted molar refractivity (Wildman–Crippen MR) is 141 cm³/mol. The highest BCUT2D eigenvalue weighted by molar-refractivity contribution is 5.93. The van der Waals surface area contributed by atoms with Crippen LogP contribution in [-0.2, 0) is 11.2 Å². The number of aryl methyl sites for hydroxylation is 1. The number of piperazine rings is 1. The molecule has 1 atom stereocenters. The second kappa shape index (κ2) is 12.5. The van der Waals surface area contributed by atoms with Gasteiger partial charge in [0.1, 0.15) is 18.5 Å². The number of hydrogen-bond donors (Lipinski definition) is 2. The number of benzene rings is 3. The highest BCUT2D eigenvalue weighted by atomic mass is 16.5. The number of carbonyl (C=O) groups excluding carboxylic acids is 1. The number of anilines is 1. The molecule has 6 nitrogen and oxygen atoms in total. The molecule has 1 unspecified atom stereocenters. The Morgan fingerprint density at radius 3 is 2.23 bits per heavy atom. The van der Waals surface area contributed by atoms with Gasteiger partial charge in [-0.3, -0.25) is 14.6 Å². The zero-order valence-corrected chi connectivity index (χ0v) is 20.4. The van der Waals surface area contributed by atoms with Crippen molar-refractivity contribution in [2.24, 2.45) is 0 Å². The number of nitrogens with zero attached hydrogens (tertiary/aromatic N) is 2. The average Bonchev–Trinajstić information content (AvgIpc) is 2.90. The fourth-order valence-electron chi connectivity index (χ4n) is 4.39. The molecule has 1 fully saturated rings. The Balaban J connectivity index is 1.15. The first-order chi connectivity index (χ1) is 17.1. The van der Waals surface area contributed by atoms with E-state index >= 15 is 0 Å². The zero-order chi connectivity index (χ0) is 24.5. The van der Waals surface area contributed by atoms with Gasteiger partial charge in [-0.1, -0.05) is 67.6 Å². The van der Waals surface area contributed by atoms with E-state index in [4.69, 9.17) is 4.74 Å². The summed E-state index contributed by atoms with van der Waals surface area (Å²) in [6.07, 6.45) is 0.323. The van der Waals surface area contributed by atoms with Gasteiger partial charge >= 0.3 is 0 Å². The van der Waals surface area contributed by atoms with Crippen LogP contribution >= 0.6 is 0 Å². The summed E-state index contributed by atoms with van der Waals surface area (Å²) in [7, 11) is 0. The van der Waals surface area contributed by atoms with Crippen LogP contribution in [0.2, 0.25) is 0 Å². The van der Waals surface area contributed by atoms with Crippen molar-refractivity contribution >= 4 is 11.6 Å². The Morgan fingerprint density at radius 1 is 0.886 bits per heavy atom. The highest BCUT2D eigenvalue weighted by Crippen LogP contribution is 2.22. The van der Waals surface area contributed by atoms with Crippen LogP contribution in [0.25, 0.3) is 11.1 Å². The Hall–Kier alpha value is -3.19. The standard InChI is InChI=1S/C29H35N3O3/c1-2-23-8-6-7-11-28(23)30-29(34)21-32-18-16-31(17-19-32)20-26(33)22-35-27-14-12-25(13-15-27)24-9-4-3-5-10-24/h3-15,26,33H,2,16-22H2,1H3,(H,30,34). The van der Waals surface area contributed by atoms with Gasteiger partial charge in [0.05, 0.1) is 6.54 Å². The van der Waals surface area contributed by atoms with Crippen molar-refractivity contribution in [2.45, 2.75) is 19.4 Å². The number of rotatable bonds is 10. The number of ether oxygens (including phenoxy) is 1. The number of hydrogen-bond acceptors (Lipinski definition) is 5. The van der Waals surface area contributed by atoms with Gasteiger partial charge < -0.3 is 15.2 Å². The van der Waals surface area contributed by atoms with Crippen LogP contribution in [0.3, 0.4) is 0 Å².